The van der Waals surface area contributed by atoms with Gasteiger partial charge in [-0.15, -0.1) is 11.8 Å². The topological polar surface area (TPSA) is 78.5 Å². The molecule has 0 spiro atoms. The molecule has 0 saturated carbocycles. The van der Waals surface area contributed by atoms with E-state index in [2.05, 4.69) is 33.1 Å². The van der Waals surface area contributed by atoms with Gasteiger partial charge >= 0.3 is 0 Å². The summed E-state index contributed by atoms with van der Waals surface area (Å²) in [7, 11) is 0. The maximum atomic E-state index is 12.7. The fourth-order valence-electron chi connectivity index (χ4n) is 3.24. The number of carbonyl (C=O) groups excluding carboxylic acids is 3. The molecule has 2 N–H and O–H groups in total. The van der Waals surface area contributed by atoms with E-state index in [1.54, 1.807) is 30.4 Å². The van der Waals surface area contributed by atoms with Gasteiger partial charge in [-0.1, -0.05) is 35.5 Å². The van der Waals surface area contributed by atoms with Crippen LogP contribution in [0, 0.1) is 6.92 Å². The number of carbonyl (C=O) groups is 3. The highest BCUT2D eigenvalue weighted by molar-refractivity contribution is 9.11. The van der Waals surface area contributed by atoms with E-state index in [-0.39, 0.29) is 17.7 Å². The van der Waals surface area contributed by atoms with Gasteiger partial charge in [-0.2, -0.15) is 0 Å². The maximum Gasteiger partial charge on any atom is 0.258 e. The van der Waals surface area contributed by atoms with Crippen molar-refractivity contribution in [3.63, 3.8) is 0 Å². The first kappa shape index (κ1) is 24.2. The first-order valence-corrected chi connectivity index (χ1v) is 12.0. The Morgan fingerprint density at radius 1 is 1.30 bits per heavy atom. The van der Waals surface area contributed by atoms with Crippen LogP contribution in [0.1, 0.15) is 42.1 Å². The summed E-state index contributed by atoms with van der Waals surface area (Å²) in [4.78, 5) is 40.1. The number of aryl methyl sites for hydroxylation is 1. The van der Waals surface area contributed by atoms with Crippen LogP contribution in [0.5, 0.6) is 0 Å². The summed E-state index contributed by atoms with van der Waals surface area (Å²) >= 11 is 4.61. The molecule has 0 aliphatic carbocycles. The third-order valence-corrected chi connectivity index (χ3v) is 6.28. The zero-order chi connectivity index (χ0) is 22.1. The first-order valence-electron chi connectivity index (χ1n) is 9.94. The van der Waals surface area contributed by atoms with Gasteiger partial charge in [0.05, 0.1) is 9.57 Å². The molecule has 8 heteroatoms. The van der Waals surface area contributed by atoms with Crippen molar-refractivity contribution in [2.24, 2.45) is 0 Å². The summed E-state index contributed by atoms with van der Waals surface area (Å²) in [6.07, 6.45) is 5.69. The molecular formula is C22H28BrN3O3S. The standard InChI is InChI=1S/C22H28BrN3O3S/c1-4-8-19(30-14-23)21(28)25-18(5-2)20(27)24-16-9-10-17(15(3)13-16)22(29)26-11-6-7-12-26/h4,8-10,13,18H,1,5-7,11-12,14H2,2-3H3,(H,24,27)(H,25,28)/b19-8-. The minimum atomic E-state index is -0.673. The predicted octanol–water partition coefficient (Wildman–Crippen LogP) is 4.22. The summed E-state index contributed by atoms with van der Waals surface area (Å²) < 4.78 is 0.560. The highest BCUT2D eigenvalue weighted by Crippen LogP contribution is 2.21. The Morgan fingerprint density at radius 2 is 2.00 bits per heavy atom. The van der Waals surface area contributed by atoms with E-state index in [9.17, 15) is 14.4 Å². The normalized spacial score (nSPS) is 14.9. The van der Waals surface area contributed by atoms with Crippen molar-refractivity contribution in [1.82, 2.24) is 10.2 Å². The third-order valence-electron chi connectivity index (χ3n) is 4.85. The van der Waals surface area contributed by atoms with Crippen molar-refractivity contribution < 1.29 is 14.4 Å². The summed E-state index contributed by atoms with van der Waals surface area (Å²) in [5, 5.41) is 5.61. The van der Waals surface area contributed by atoms with Gasteiger partial charge in [0.15, 0.2) is 0 Å². The van der Waals surface area contributed by atoms with E-state index in [0.717, 1.165) is 31.5 Å². The van der Waals surface area contributed by atoms with Crippen LogP contribution in [0.4, 0.5) is 5.69 Å². The average molecular weight is 494 g/mol. The molecule has 1 atom stereocenters. The second-order valence-electron chi connectivity index (χ2n) is 6.97. The minimum absolute atomic E-state index is 0.0346. The Bertz CT molecular complexity index is 835. The van der Waals surface area contributed by atoms with Gasteiger partial charge < -0.3 is 15.5 Å². The van der Waals surface area contributed by atoms with Crippen LogP contribution in [0.25, 0.3) is 0 Å². The van der Waals surface area contributed by atoms with Gasteiger partial charge in [-0.25, -0.2) is 0 Å². The molecule has 162 valence electrons. The Hall–Kier alpha value is -2.06. The van der Waals surface area contributed by atoms with E-state index in [1.165, 1.54) is 11.8 Å². The average Bonchev–Trinajstić information content (AvgIpc) is 3.26. The lowest BCUT2D eigenvalue weighted by Gasteiger charge is -2.19. The molecule has 1 saturated heterocycles. The number of benzene rings is 1. The van der Waals surface area contributed by atoms with Crippen molar-refractivity contribution in [3.05, 3.63) is 53.0 Å². The fraction of sp³-hybridized carbons (Fsp3) is 0.409. The lowest BCUT2D eigenvalue weighted by molar-refractivity contribution is -0.124. The quantitative estimate of drug-likeness (QED) is 0.306. The van der Waals surface area contributed by atoms with Gasteiger partial charge in [0.1, 0.15) is 6.04 Å². The molecule has 30 heavy (non-hydrogen) atoms. The monoisotopic (exact) mass is 493 g/mol. The van der Waals surface area contributed by atoms with E-state index in [0.29, 0.717) is 27.2 Å². The van der Waals surface area contributed by atoms with Gasteiger partial charge in [-0.05, 0) is 56.0 Å². The predicted molar refractivity (Wildman–Crippen MR) is 127 cm³/mol. The van der Waals surface area contributed by atoms with Crippen molar-refractivity contribution in [2.45, 2.75) is 39.2 Å². The Labute approximate surface area is 190 Å². The van der Waals surface area contributed by atoms with Crippen LogP contribution in [0.3, 0.4) is 0 Å². The van der Waals surface area contributed by atoms with Crippen LogP contribution in [0.15, 0.2) is 41.8 Å². The third kappa shape index (κ3) is 6.47. The minimum Gasteiger partial charge on any atom is -0.340 e. The number of anilines is 1. The number of halogens is 1. The molecule has 1 aliphatic heterocycles. The van der Waals surface area contributed by atoms with Crippen molar-refractivity contribution in [2.75, 3.05) is 23.1 Å². The van der Waals surface area contributed by atoms with E-state index in [4.69, 9.17) is 0 Å². The molecule has 3 amide bonds. The van der Waals surface area contributed by atoms with Crippen LogP contribution in [-0.2, 0) is 9.59 Å². The number of hydrogen-bond acceptors (Lipinski definition) is 4. The molecular weight excluding hydrogens is 466 g/mol. The molecule has 1 aromatic carbocycles. The number of amides is 3. The molecule has 1 fully saturated rings. The van der Waals surface area contributed by atoms with Crippen LogP contribution < -0.4 is 10.6 Å². The van der Waals surface area contributed by atoms with Crippen molar-refractivity contribution in [3.8, 4) is 0 Å². The number of likely N-dealkylation sites (tertiary alicyclic amines) is 1. The number of alkyl halides is 1. The largest absolute Gasteiger partial charge is 0.340 e. The molecule has 0 radical (unpaired) electrons. The Balaban J connectivity index is 2.05. The number of hydrogen-bond donors (Lipinski definition) is 2. The van der Waals surface area contributed by atoms with Gasteiger partial charge in [-0.3, -0.25) is 14.4 Å². The van der Waals surface area contributed by atoms with Crippen LogP contribution in [0.2, 0.25) is 0 Å². The molecule has 0 bridgehead atoms. The second-order valence-corrected chi connectivity index (χ2v) is 9.29. The number of nitrogens with zero attached hydrogens (tertiary/aromatic N) is 1. The van der Waals surface area contributed by atoms with Crippen LogP contribution >= 0.6 is 27.7 Å². The molecule has 1 unspecified atom stereocenters. The molecule has 2 rings (SSSR count). The fourth-order valence-corrected chi connectivity index (χ4v) is 4.48. The van der Waals surface area contributed by atoms with Gasteiger partial charge in [0.25, 0.3) is 11.8 Å². The summed E-state index contributed by atoms with van der Waals surface area (Å²) in [5.74, 6) is -0.581. The smallest absolute Gasteiger partial charge is 0.258 e. The van der Waals surface area contributed by atoms with Crippen LogP contribution in [-0.4, -0.2) is 46.4 Å². The summed E-state index contributed by atoms with van der Waals surface area (Å²) in [6, 6.07) is 4.60. The Morgan fingerprint density at radius 3 is 2.57 bits per heavy atom. The molecule has 1 heterocycles. The molecule has 6 nitrogen and oxygen atoms in total. The lowest BCUT2D eigenvalue weighted by atomic mass is 10.1. The van der Waals surface area contributed by atoms with E-state index < -0.39 is 6.04 Å². The zero-order valence-corrected chi connectivity index (χ0v) is 19.8. The van der Waals surface area contributed by atoms with Gasteiger partial charge in [0, 0.05) is 24.3 Å². The second kappa shape index (κ2) is 12.0. The summed E-state index contributed by atoms with van der Waals surface area (Å²) in [6.45, 7) is 8.91. The summed E-state index contributed by atoms with van der Waals surface area (Å²) in [5.41, 5.74) is 2.06. The number of rotatable bonds is 9. The molecule has 0 aromatic heterocycles. The molecule has 1 aromatic rings. The highest BCUT2D eigenvalue weighted by Gasteiger charge is 2.23. The number of allylic oxidation sites excluding steroid dienone is 2. The molecule has 1 aliphatic rings. The Kier molecular flexibility index (Phi) is 9.65. The van der Waals surface area contributed by atoms with E-state index in [1.807, 2.05) is 18.7 Å². The maximum absolute atomic E-state index is 12.7. The van der Waals surface area contributed by atoms with E-state index >= 15 is 0 Å². The first-order chi connectivity index (χ1) is 14.4. The SMILES string of the molecule is C=C/C=C(\SCBr)C(=O)NC(CC)C(=O)Nc1ccc(C(=O)N2CCCC2)c(C)c1. The number of nitrogens with one attached hydrogen (secondary N) is 2. The van der Waals surface area contributed by atoms with Crippen molar-refractivity contribution >= 4 is 51.1 Å². The number of thioether (sulfide) groups is 1. The highest BCUT2D eigenvalue weighted by atomic mass is 79.9. The van der Waals surface area contributed by atoms with Crippen molar-refractivity contribution in [1.29, 1.82) is 0 Å². The zero-order valence-electron chi connectivity index (χ0n) is 17.4. The van der Waals surface area contributed by atoms with Gasteiger partial charge in [0.2, 0.25) is 5.91 Å². The lowest BCUT2D eigenvalue weighted by Crippen LogP contribution is -2.43.